The van der Waals surface area contributed by atoms with Gasteiger partial charge in [0.05, 0.1) is 24.1 Å². The highest BCUT2D eigenvalue weighted by Gasteiger charge is 2.18. The van der Waals surface area contributed by atoms with Crippen LogP contribution >= 0.6 is 11.6 Å². The standard InChI is InChI=1S/C16H17ClN4O2/c17-15-13(18-11-14(22)20-8-4-5-9-20)10-19-21(16(15)23)12-6-2-1-3-7-12/h1-3,6-7,10,18H,4-5,8-9,11H2. The lowest BCUT2D eigenvalue weighted by atomic mass is 10.3. The lowest BCUT2D eigenvalue weighted by molar-refractivity contribution is -0.128. The van der Waals surface area contributed by atoms with Crippen LogP contribution in [0.3, 0.4) is 0 Å². The average molecular weight is 333 g/mol. The molecule has 3 rings (SSSR count). The number of aromatic nitrogens is 2. The van der Waals surface area contributed by atoms with Crippen molar-refractivity contribution in [2.75, 3.05) is 25.0 Å². The van der Waals surface area contributed by atoms with E-state index in [0.29, 0.717) is 11.4 Å². The van der Waals surface area contributed by atoms with Crippen LogP contribution in [0, 0.1) is 0 Å². The molecule has 0 atom stereocenters. The van der Waals surface area contributed by atoms with Gasteiger partial charge in [0, 0.05) is 13.1 Å². The Balaban J connectivity index is 1.75. The Morgan fingerprint density at radius 1 is 1.22 bits per heavy atom. The van der Waals surface area contributed by atoms with Gasteiger partial charge >= 0.3 is 0 Å². The van der Waals surface area contributed by atoms with Gasteiger partial charge in [-0.2, -0.15) is 9.78 Å². The monoisotopic (exact) mass is 332 g/mol. The lowest BCUT2D eigenvalue weighted by Crippen LogP contribution is -2.33. The van der Waals surface area contributed by atoms with Gasteiger partial charge in [0.25, 0.3) is 5.56 Å². The van der Waals surface area contributed by atoms with Crippen molar-refractivity contribution in [3.8, 4) is 5.69 Å². The number of benzene rings is 1. The van der Waals surface area contributed by atoms with E-state index in [4.69, 9.17) is 11.6 Å². The summed E-state index contributed by atoms with van der Waals surface area (Å²) < 4.78 is 1.23. The average Bonchev–Trinajstić information content (AvgIpc) is 3.11. The summed E-state index contributed by atoms with van der Waals surface area (Å²) in [6.07, 6.45) is 3.55. The normalized spacial score (nSPS) is 14.0. The topological polar surface area (TPSA) is 67.2 Å². The van der Waals surface area contributed by atoms with E-state index in [9.17, 15) is 9.59 Å². The zero-order chi connectivity index (χ0) is 16.2. The third-order valence-corrected chi connectivity index (χ3v) is 4.17. The molecule has 1 aromatic heterocycles. The van der Waals surface area contributed by atoms with Gasteiger partial charge in [-0.25, -0.2) is 0 Å². The number of halogens is 1. The first kappa shape index (κ1) is 15.6. The van der Waals surface area contributed by atoms with E-state index >= 15 is 0 Å². The first-order chi connectivity index (χ1) is 11.2. The Morgan fingerprint density at radius 2 is 1.91 bits per heavy atom. The Kier molecular flexibility index (Phi) is 4.62. The Bertz CT molecular complexity index is 754. The summed E-state index contributed by atoms with van der Waals surface area (Å²) in [5, 5.41) is 7.05. The van der Waals surface area contributed by atoms with Gasteiger partial charge in [0.1, 0.15) is 5.02 Å². The summed E-state index contributed by atoms with van der Waals surface area (Å²) in [5.74, 6) is 0.00537. The Hall–Kier alpha value is -2.34. The van der Waals surface area contributed by atoms with Crippen molar-refractivity contribution in [1.29, 1.82) is 0 Å². The molecule has 0 unspecified atom stereocenters. The van der Waals surface area contributed by atoms with Crippen molar-refractivity contribution in [2.45, 2.75) is 12.8 Å². The molecule has 0 saturated carbocycles. The van der Waals surface area contributed by atoms with Crippen LogP contribution in [-0.4, -0.2) is 40.2 Å². The van der Waals surface area contributed by atoms with E-state index in [1.54, 1.807) is 17.0 Å². The van der Waals surface area contributed by atoms with Crippen LogP contribution in [0.4, 0.5) is 5.69 Å². The minimum absolute atomic E-state index is 0.00537. The van der Waals surface area contributed by atoms with Crippen LogP contribution in [-0.2, 0) is 4.79 Å². The molecule has 1 N–H and O–H groups in total. The summed E-state index contributed by atoms with van der Waals surface area (Å²) in [6.45, 7) is 1.69. The number of para-hydroxylation sites is 1. The minimum atomic E-state index is -0.420. The summed E-state index contributed by atoms with van der Waals surface area (Å²) >= 11 is 6.13. The number of hydrogen-bond acceptors (Lipinski definition) is 4. The number of carbonyl (C=O) groups excluding carboxylic acids is 1. The molecular weight excluding hydrogens is 316 g/mol. The Morgan fingerprint density at radius 3 is 2.61 bits per heavy atom. The highest BCUT2D eigenvalue weighted by Crippen LogP contribution is 2.17. The minimum Gasteiger partial charge on any atom is -0.373 e. The van der Waals surface area contributed by atoms with Crippen molar-refractivity contribution in [3.63, 3.8) is 0 Å². The van der Waals surface area contributed by atoms with Crippen molar-refractivity contribution >= 4 is 23.2 Å². The van der Waals surface area contributed by atoms with Crippen molar-refractivity contribution in [1.82, 2.24) is 14.7 Å². The van der Waals surface area contributed by atoms with Crippen LogP contribution in [0.1, 0.15) is 12.8 Å². The van der Waals surface area contributed by atoms with Gasteiger partial charge in [-0.1, -0.05) is 29.8 Å². The molecule has 7 heteroatoms. The Labute approximate surface area is 138 Å². The quantitative estimate of drug-likeness (QED) is 0.929. The maximum Gasteiger partial charge on any atom is 0.292 e. The van der Waals surface area contributed by atoms with Gasteiger partial charge in [0.2, 0.25) is 5.91 Å². The molecule has 1 amide bonds. The fourth-order valence-electron chi connectivity index (χ4n) is 2.56. The number of nitrogens with one attached hydrogen (secondary N) is 1. The molecule has 2 heterocycles. The predicted molar refractivity (Wildman–Crippen MR) is 89.1 cm³/mol. The van der Waals surface area contributed by atoms with Gasteiger partial charge in [-0.15, -0.1) is 0 Å². The molecule has 1 aromatic carbocycles. The van der Waals surface area contributed by atoms with E-state index < -0.39 is 5.56 Å². The van der Waals surface area contributed by atoms with Crippen LogP contribution in [0.5, 0.6) is 0 Å². The summed E-state index contributed by atoms with van der Waals surface area (Å²) in [7, 11) is 0. The van der Waals surface area contributed by atoms with Crippen LogP contribution in [0.25, 0.3) is 5.69 Å². The lowest BCUT2D eigenvalue weighted by Gasteiger charge is -2.16. The third kappa shape index (κ3) is 3.37. The number of likely N-dealkylation sites (tertiary alicyclic amines) is 1. The van der Waals surface area contributed by atoms with E-state index in [-0.39, 0.29) is 17.5 Å². The van der Waals surface area contributed by atoms with Crippen molar-refractivity contribution in [2.24, 2.45) is 0 Å². The molecule has 6 nitrogen and oxygen atoms in total. The van der Waals surface area contributed by atoms with E-state index in [1.165, 1.54) is 10.9 Å². The predicted octanol–water partition coefficient (Wildman–Crippen LogP) is 1.92. The number of anilines is 1. The third-order valence-electron chi connectivity index (χ3n) is 3.81. The maximum absolute atomic E-state index is 12.3. The van der Waals surface area contributed by atoms with Gasteiger partial charge in [-0.05, 0) is 25.0 Å². The molecule has 120 valence electrons. The molecular formula is C16H17ClN4O2. The molecule has 1 aliphatic rings. The second kappa shape index (κ2) is 6.83. The molecule has 1 saturated heterocycles. The highest BCUT2D eigenvalue weighted by molar-refractivity contribution is 6.33. The van der Waals surface area contributed by atoms with Gasteiger partial charge in [0.15, 0.2) is 0 Å². The molecule has 0 aliphatic carbocycles. The SMILES string of the molecule is O=C(CNc1cnn(-c2ccccc2)c(=O)c1Cl)N1CCCC1. The van der Waals surface area contributed by atoms with Crippen LogP contribution < -0.4 is 10.9 Å². The van der Waals surface area contributed by atoms with Gasteiger partial charge < -0.3 is 10.2 Å². The fraction of sp³-hybridized carbons (Fsp3) is 0.312. The van der Waals surface area contributed by atoms with Crippen molar-refractivity contribution < 1.29 is 4.79 Å². The number of nitrogens with zero attached hydrogens (tertiary/aromatic N) is 3. The fourth-order valence-corrected chi connectivity index (χ4v) is 2.75. The largest absolute Gasteiger partial charge is 0.373 e. The van der Waals surface area contributed by atoms with Crippen LogP contribution in [0.2, 0.25) is 5.02 Å². The molecule has 0 radical (unpaired) electrons. The maximum atomic E-state index is 12.3. The molecule has 1 aliphatic heterocycles. The van der Waals surface area contributed by atoms with Crippen molar-refractivity contribution in [3.05, 3.63) is 51.9 Å². The summed E-state index contributed by atoms with van der Waals surface area (Å²) in [4.78, 5) is 26.1. The van der Waals surface area contributed by atoms with E-state index in [1.807, 2.05) is 18.2 Å². The number of carbonyl (C=O) groups is 1. The van der Waals surface area contributed by atoms with E-state index in [0.717, 1.165) is 25.9 Å². The zero-order valence-corrected chi connectivity index (χ0v) is 13.3. The summed E-state index contributed by atoms with van der Waals surface area (Å²) in [5.41, 5.74) is 0.590. The second-order valence-electron chi connectivity index (χ2n) is 5.37. The zero-order valence-electron chi connectivity index (χ0n) is 12.5. The number of rotatable bonds is 4. The first-order valence-electron chi connectivity index (χ1n) is 7.52. The second-order valence-corrected chi connectivity index (χ2v) is 5.74. The molecule has 2 aromatic rings. The molecule has 0 spiro atoms. The highest BCUT2D eigenvalue weighted by atomic mass is 35.5. The van der Waals surface area contributed by atoms with Gasteiger partial charge in [-0.3, -0.25) is 9.59 Å². The smallest absolute Gasteiger partial charge is 0.292 e. The number of hydrogen-bond donors (Lipinski definition) is 1. The van der Waals surface area contributed by atoms with E-state index in [2.05, 4.69) is 10.4 Å². The summed E-state index contributed by atoms with van der Waals surface area (Å²) in [6, 6.07) is 9.04. The molecule has 23 heavy (non-hydrogen) atoms. The number of amides is 1. The molecule has 1 fully saturated rings. The first-order valence-corrected chi connectivity index (χ1v) is 7.89. The molecule has 0 bridgehead atoms. The van der Waals surface area contributed by atoms with Crippen LogP contribution in [0.15, 0.2) is 41.3 Å².